The zero-order valence-corrected chi connectivity index (χ0v) is 23.3. The highest BCUT2D eigenvalue weighted by molar-refractivity contribution is 6.33. The van der Waals surface area contributed by atoms with Crippen LogP contribution in [0.1, 0.15) is 114 Å². The van der Waals surface area contributed by atoms with Gasteiger partial charge in [0.25, 0.3) is 0 Å². The van der Waals surface area contributed by atoms with Gasteiger partial charge >= 0.3 is 0 Å². The van der Waals surface area contributed by atoms with Gasteiger partial charge in [0.05, 0.1) is 10.0 Å². The minimum absolute atomic E-state index is 0.0179. The van der Waals surface area contributed by atoms with Crippen molar-refractivity contribution >= 4 is 23.2 Å². The Labute approximate surface area is 205 Å². The SMILES string of the molecule is Cc1c(-c2c(C)c(C(C)(C)C)c(Cl)c(C(C)C)c2O)c(O)c(C(C)C)c(Cl)c1C(C)(C)C. The van der Waals surface area contributed by atoms with Crippen molar-refractivity contribution in [1.82, 2.24) is 0 Å². The summed E-state index contributed by atoms with van der Waals surface area (Å²) in [4.78, 5) is 0. The first-order valence-electron chi connectivity index (χ1n) is 11.5. The fourth-order valence-corrected chi connectivity index (χ4v) is 6.60. The second-order valence-electron chi connectivity index (χ2n) is 11.7. The van der Waals surface area contributed by atoms with E-state index < -0.39 is 0 Å². The zero-order valence-electron chi connectivity index (χ0n) is 21.8. The van der Waals surface area contributed by atoms with Crippen molar-refractivity contribution in [3.8, 4) is 22.6 Å². The molecule has 0 aliphatic carbocycles. The van der Waals surface area contributed by atoms with Crippen LogP contribution in [0.15, 0.2) is 0 Å². The van der Waals surface area contributed by atoms with Crippen molar-refractivity contribution in [2.75, 3.05) is 0 Å². The number of hydrogen-bond donors (Lipinski definition) is 2. The van der Waals surface area contributed by atoms with Crippen molar-refractivity contribution in [3.63, 3.8) is 0 Å². The Morgan fingerprint density at radius 1 is 0.594 bits per heavy atom. The monoisotopic (exact) mass is 478 g/mol. The molecule has 0 unspecified atom stereocenters. The number of phenolic OH excluding ortho intramolecular Hbond substituents is 2. The summed E-state index contributed by atoms with van der Waals surface area (Å²) in [5.74, 6) is 0.324. The van der Waals surface area contributed by atoms with E-state index in [4.69, 9.17) is 23.2 Å². The number of rotatable bonds is 3. The molecule has 2 nitrogen and oxygen atoms in total. The molecule has 0 atom stereocenters. The lowest BCUT2D eigenvalue weighted by atomic mass is 9.74. The van der Waals surface area contributed by atoms with Crippen LogP contribution in [0.4, 0.5) is 0 Å². The Bertz CT molecular complexity index is 964. The van der Waals surface area contributed by atoms with Crippen LogP contribution in [0.25, 0.3) is 11.1 Å². The molecular weight excluding hydrogens is 439 g/mol. The first-order chi connectivity index (χ1) is 14.4. The molecule has 0 saturated carbocycles. The second-order valence-corrected chi connectivity index (χ2v) is 12.5. The fourth-order valence-electron chi connectivity index (χ4n) is 5.13. The molecule has 0 radical (unpaired) electrons. The molecule has 4 heteroatoms. The smallest absolute Gasteiger partial charge is 0.128 e. The Hall–Kier alpha value is -1.38. The molecule has 0 spiro atoms. The van der Waals surface area contributed by atoms with E-state index in [2.05, 4.69) is 41.5 Å². The predicted octanol–water partition coefficient (Wildman–Crippen LogP) is 9.53. The number of hydrogen-bond acceptors (Lipinski definition) is 2. The van der Waals surface area contributed by atoms with E-state index in [9.17, 15) is 10.2 Å². The molecule has 0 amide bonds. The van der Waals surface area contributed by atoms with E-state index in [0.717, 1.165) is 22.3 Å². The van der Waals surface area contributed by atoms with Crippen molar-refractivity contribution < 1.29 is 10.2 Å². The number of aromatic hydroxyl groups is 2. The van der Waals surface area contributed by atoms with Gasteiger partial charge in [0.2, 0.25) is 0 Å². The average molecular weight is 480 g/mol. The second kappa shape index (κ2) is 8.76. The van der Waals surface area contributed by atoms with Crippen LogP contribution >= 0.6 is 23.2 Å². The van der Waals surface area contributed by atoms with Gasteiger partial charge in [-0.3, -0.25) is 0 Å². The minimum atomic E-state index is -0.239. The molecular formula is C28H40Cl2O2. The van der Waals surface area contributed by atoms with E-state index in [1.54, 1.807) is 0 Å². The van der Waals surface area contributed by atoms with E-state index in [1.807, 2.05) is 41.5 Å². The normalized spacial score (nSPS) is 12.9. The third kappa shape index (κ3) is 4.38. The number of benzene rings is 2. The van der Waals surface area contributed by atoms with Crippen LogP contribution in [0.5, 0.6) is 11.5 Å². The lowest BCUT2D eigenvalue weighted by Gasteiger charge is -2.32. The van der Waals surface area contributed by atoms with Gasteiger partial charge in [0, 0.05) is 22.3 Å². The first kappa shape index (κ1) is 26.9. The summed E-state index contributed by atoms with van der Waals surface area (Å²) in [6, 6.07) is 0. The molecule has 2 aromatic carbocycles. The van der Waals surface area contributed by atoms with Crippen molar-refractivity contribution in [2.45, 2.75) is 106 Å². The highest BCUT2D eigenvalue weighted by Crippen LogP contribution is 2.54. The molecule has 0 aliphatic rings. The predicted molar refractivity (Wildman–Crippen MR) is 140 cm³/mol. The molecule has 2 rings (SSSR count). The van der Waals surface area contributed by atoms with Gasteiger partial charge in [-0.05, 0) is 58.8 Å². The Morgan fingerprint density at radius 2 is 0.844 bits per heavy atom. The molecule has 0 aliphatic heterocycles. The highest BCUT2D eigenvalue weighted by Gasteiger charge is 2.34. The van der Waals surface area contributed by atoms with E-state index >= 15 is 0 Å². The highest BCUT2D eigenvalue weighted by atomic mass is 35.5. The molecule has 0 saturated heterocycles. The molecule has 0 fully saturated rings. The van der Waals surface area contributed by atoms with Crippen LogP contribution in [-0.2, 0) is 10.8 Å². The third-order valence-corrected chi connectivity index (χ3v) is 7.09. The van der Waals surface area contributed by atoms with Crippen molar-refractivity contribution in [2.24, 2.45) is 0 Å². The Kier molecular flexibility index (Phi) is 7.36. The summed E-state index contributed by atoms with van der Waals surface area (Å²) in [6.45, 7) is 24.9. The fraction of sp³-hybridized carbons (Fsp3) is 0.571. The summed E-state index contributed by atoms with van der Waals surface area (Å²) in [6.07, 6.45) is 0. The van der Waals surface area contributed by atoms with Gasteiger partial charge in [-0.1, -0.05) is 92.4 Å². The largest absolute Gasteiger partial charge is 0.507 e. The number of halogens is 2. The third-order valence-electron chi connectivity index (χ3n) is 6.30. The quantitative estimate of drug-likeness (QED) is 0.460. The van der Waals surface area contributed by atoms with Crippen LogP contribution in [0.3, 0.4) is 0 Å². The molecule has 2 N–H and O–H groups in total. The van der Waals surface area contributed by atoms with Gasteiger partial charge < -0.3 is 10.2 Å². The Balaban J connectivity index is 3.28. The first-order valence-corrected chi connectivity index (χ1v) is 12.2. The maximum atomic E-state index is 11.6. The van der Waals surface area contributed by atoms with E-state index in [-0.39, 0.29) is 34.2 Å². The molecule has 2 aromatic rings. The summed E-state index contributed by atoms with van der Waals surface area (Å²) in [7, 11) is 0. The lowest BCUT2D eigenvalue weighted by Crippen LogP contribution is -2.18. The Morgan fingerprint density at radius 3 is 1.03 bits per heavy atom. The summed E-state index contributed by atoms with van der Waals surface area (Å²) >= 11 is 13.8. The number of phenols is 2. The molecule has 0 heterocycles. The lowest BCUT2D eigenvalue weighted by molar-refractivity contribution is 0.455. The molecule has 178 valence electrons. The maximum absolute atomic E-state index is 11.6. The van der Waals surface area contributed by atoms with E-state index in [1.165, 1.54) is 0 Å². The standard InChI is InChI=1S/C28H40Cl2O2/c1-13(2)17-23(29)21(27(7,8)9)15(5)19(25(17)31)20-16(6)22(28(10,11)12)24(30)18(14(3)4)26(20)32/h13-14,31-32H,1-12H3. The van der Waals surface area contributed by atoms with Gasteiger partial charge in [0.1, 0.15) is 11.5 Å². The molecule has 32 heavy (non-hydrogen) atoms. The van der Waals surface area contributed by atoms with Crippen LogP contribution < -0.4 is 0 Å². The van der Waals surface area contributed by atoms with E-state index in [0.29, 0.717) is 32.3 Å². The summed E-state index contributed by atoms with van der Waals surface area (Å²) in [5.41, 5.74) is 6.03. The van der Waals surface area contributed by atoms with Gasteiger partial charge in [0.15, 0.2) is 0 Å². The zero-order chi connectivity index (χ0) is 25.1. The topological polar surface area (TPSA) is 40.5 Å². The van der Waals surface area contributed by atoms with Gasteiger partial charge in [-0.2, -0.15) is 0 Å². The molecule has 0 aromatic heterocycles. The van der Waals surface area contributed by atoms with Gasteiger partial charge in [-0.15, -0.1) is 0 Å². The summed E-state index contributed by atoms with van der Waals surface area (Å²) < 4.78 is 0. The van der Waals surface area contributed by atoms with Crippen molar-refractivity contribution in [1.29, 1.82) is 0 Å². The van der Waals surface area contributed by atoms with Crippen LogP contribution in [0, 0.1) is 13.8 Å². The van der Waals surface area contributed by atoms with Gasteiger partial charge in [-0.25, -0.2) is 0 Å². The average Bonchev–Trinajstić information content (AvgIpc) is 2.53. The van der Waals surface area contributed by atoms with Crippen LogP contribution in [0.2, 0.25) is 10.0 Å². The van der Waals surface area contributed by atoms with Crippen LogP contribution in [-0.4, -0.2) is 10.2 Å². The maximum Gasteiger partial charge on any atom is 0.128 e. The summed E-state index contributed by atoms with van der Waals surface area (Å²) in [5, 5.41) is 24.4. The minimum Gasteiger partial charge on any atom is -0.507 e. The molecule has 0 bridgehead atoms. The van der Waals surface area contributed by atoms with Crippen molar-refractivity contribution in [3.05, 3.63) is 43.4 Å².